The highest BCUT2D eigenvalue weighted by atomic mass is 32.2. The molecular weight excluding hydrogens is 492 g/mol. The minimum atomic E-state index is -0.675. The van der Waals surface area contributed by atoms with Gasteiger partial charge in [-0.05, 0) is 23.8 Å². The molecule has 2 saturated heterocycles. The average molecular weight is 519 g/mol. The molecule has 2 aliphatic heterocycles. The number of morpholine rings is 1. The van der Waals surface area contributed by atoms with Gasteiger partial charge in [-0.2, -0.15) is 0 Å². The fourth-order valence-corrected chi connectivity index (χ4v) is 7.34. The topological polar surface area (TPSA) is 93.2 Å². The quantitative estimate of drug-likeness (QED) is 0.362. The highest BCUT2D eigenvalue weighted by Gasteiger charge is 2.23. The summed E-state index contributed by atoms with van der Waals surface area (Å²) in [7, 11) is 0. The molecule has 5 aromatic rings. The molecule has 6 heterocycles. The molecular formula is C26H26N6O2S2. The molecule has 184 valence electrons. The summed E-state index contributed by atoms with van der Waals surface area (Å²) in [5.74, 6) is 3.20. The maximum atomic E-state index is 11.8. The number of nitrogens with one attached hydrogen (secondary N) is 1. The summed E-state index contributed by atoms with van der Waals surface area (Å²) >= 11 is 0.992. The molecule has 0 radical (unpaired) electrons. The van der Waals surface area contributed by atoms with E-state index in [1.54, 1.807) is 11.3 Å². The van der Waals surface area contributed by atoms with E-state index in [-0.39, 0.29) is 0 Å². The van der Waals surface area contributed by atoms with Crippen LogP contribution in [-0.4, -0.2) is 80.3 Å². The van der Waals surface area contributed by atoms with E-state index in [4.69, 9.17) is 19.7 Å². The first-order valence-electron chi connectivity index (χ1n) is 12.3. The van der Waals surface area contributed by atoms with Crippen LogP contribution in [0.5, 0.6) is 0 Å². The fourth-order valence-electron chi connectivity index (χ4n) is 5.13. The van der Waals surface area contributed by atoms with E-state index in [0.717, 1.165) is 98.3 Å². The minimum absolute atomic E-state index is 0.675. The van der Waals surface area contributed by atoms with E-state index < -0.39 is 11.2 Å². The molecule has 0 spiro atoms. The lowest BCUT2D eigenvalue weighted by Gasteiger charge is -2.28. The second kappa shape index (κ2) is 9.28. The maximum Gasteiger partial charge on any atom is 0.162 e. The van der Waals surface area contributed by atoms with E-state index in [0.29, 0.717) is 13.2 Å². The zero-order chi connectivity index (χ0) is 24.1. The van der Waals surface area contributed by atoms with Gasteiger partial charge in [0.05, 0.1) is 23.4 Å². The second-order valence-corrected chi connectivity index (χ2v) is 12.0. The molecule has 1 N–H and O–H groups in total. The van der Waals surface area contributed by atoms with Gasteiger partial charge in [0, 0.05) is 67.0 Å². The number of H-pyrrole nitrogens is 1. The van der Waals surface area contributed by atoms with E-state index in [1.807, 2.05) is 18.5 Å². The SMILES string of the molecule is [O-][S+]1CCN(Cc2cnc3sc4c(N5CCOCC5)nc(-c5cccc6[nH]ccc56)nc4c3c2)CC1. The molecule has 0 aliphatic carbocycles. The van der Waals surface area contributed by atoms with Crippen LogP contribution in [-0.2, 0) is 22.5 Å². The molecule has 7 rings (SSSR count). The Bertz CT molecular complexity index is 1550. The predicted octanol–water partition coefficient (Wildman–Crippen LogP) is 3.79. The predicted molar refractivity (Wildman–Crippen MR) is 146 cm³/mol. The van der Waals surface area contributed by atoms with Crippen molar-refractivity contribution in [1.82, 2.24) is 24.8 Å². The van der Waals surface area contributed by atoms with Crippen molar-refractivity contribution in [3.8, 4) is 11.4 Å². The molecule has 1 aromatic carbocycles. The van der Waals surface area contributed by atoms with Crippen molar-refractivity contribution in [2.45, 2.75) is 6.54 Å². The van der Waals surface area contributed by atoms with E-state index in [2.05, 4.69) is 39.0 Å². The number of rotatable bonds is 4. The summed E-state index contributed by atoms with van der Waals surface area (Å²) in [6, 6.07) is 10.5. The van der Waals surface area contributed by atoms with Gasteiger partial charge in [-0.1, -0.05) is 23.3 Å². The molecule has 2 aliphatic rings. The Labute approximate surface area is 215 Å². The van der Waals surface area contributed by atoms with Crippen molar-refractivity contribution in [2.75, 3.05) is 55.8 Å². The Morgan fingerprint density at radius 3 is 2.78 bits per heavy atom. The lowest BCUT2D eigenvalue weighted by atomic mass is 10.1. The van der Waals surface area contributed by atoms with Crippen LogP contribution in [0, 0.1) is 0 Å². The highest BCUT2D eigenvalue weighted by molar-refractivity contribution is 7.91. The number of benzene rings is 1. The Morgan fingerprint density at radius 2 is 1.92 bits per heavy atom. The molecule has 2 fully saturated rings. The number of thiophene rings is 1. The fraction of sp³-hybridized carbons (Fsp3) is 0.346. The number of pyridine rings is 1. The van der Waals surface area contributed by atoms with E-state index >= 15 is 0 Å². The Kier molecular flexibility index (Phi) is 5.78. The van der Waals surface area contributed by atoms with Crippen molar-refractivity contribution in [3.63, 3.8) is 0 Å². The highest BCUT2D eigenvalue weighted by Crippen LogP contribution is 2.39. The van der Waals surface area contributed by atoms with E-state index in [1.165, 1.54) is 0 Å². The zero-order valence-corrected chi connectivity index (χ0v) is 21.4. The second-order valence-electron chi connectivity index (χ2n) is 9.32. The third kappa shape index (κ3) is 4.03. The summed E-state index contributed by atoms with van der Waals surface area (Å²) < 4.78 is 18.5. The first kappa shape index (κ1) is 22.4. The molecule has 36 heavy (non-hydrogen) atoms. The Balaban J connectivity index is 1.38. The first-order chi connectivity index (χ1) is 17.7. The zero-order valence-electron chi connectivity index (χ0n) is 19.8. The number of nitrogens with zero attached hydrogens (tertiary/aromatic N) is 5. The largest absolute Gasteiger partial charge is 0.616 e. The third-order valence-corrected chi connectivity index (χ3v) is 9.41. The maximum absolute atomic E-state index is 11.8. The summed E-state index contributed by atoms with van der Waals surface area (Å²) in [6.45, 7) is 5.55. The smallest absolute Gasteiger partial charge is 0.162 e. The van der Waals surface area contributed by atoms with Crippen LogP contribution in [0.1, 0.15) is 5.56 Å². The van der Waals surface area contributed by atoms with Crippen molar-refractivity contribution in [1.29, 1.82) is 0 Å². The molecule has 0 saturated carbocycles. The van der Waals surface area contributed by atoms with Crippen LogP contribution in [0.25, 0.3) is 42.7 Å². The summed E-state index contributed by atoms with van der Waals surface area (Å²) in [5.41, 5.74) is 4.22. The lowest BCUT2D eigenvalue weighted by Crippen LogP contribution is -2.39. The monoisotopic (exact) mass is 518 g/mol. The third-order valence-electron chi connectivity index (χ3n) is 7.03. The summed E-state index contributed by atoms with van der Waals surface area (Å²) in [6.07, 6.45) is 3.94. The van der Waals surface area contributed by atoms with Gasteiger partial charge < -0.3 is 19.2 Å². The number of aromatic amines is 1. The van der Waals surface area contributed by atoms with Crippen molar-refractivity contribution in [2.24, 2.45) is 0 Å². The normalized spacial score (nSPS) is 18.1. The number of fused-ring (bicyclic) bond motifs is 4. The van der Waals surface area contributed by atoms with Crippen molar-refractivity contribution >= 4 is 59.7 Å². The van der Waals surface area contributed by atoms with Gasteiger partial charge in [0.1, 0.15) is 16.3 Å². The van der Waals surface area contributed by atoms with Crippen LogP contribution in [0.4, 0.5) is 5.82 Å². The number of ether oxygens (including phenoxy) is 1. The molecule has 0 amide bonds. The molecule has 8 nitrogen and oxygen atoms in total. The average Bonchev–Trinajstić information content (AvgIpc) is 3.54. The van der Waals surface area contributed by atoms with Crippen LogP contribution in [0.15, 0.2) is 42.7 Å². The van der Waals surface area contributed by atoms with Crippen LogP contribution in [0.3, 0.4) is 0 Å². The minimum Gasteiger partial charge on any atom is -0.616 e. The van der Waals surface area contributed by atoms with Gasteiger partial charge >= 0.3 is 0 Å². The van der Waals surface area contributed by atoms with Crippen molar-refractivity contribution in [3.05, 3.63) is 48.3 Å². The van der Waals surface area contributed by atoms with Crippen molar-refractivity contribution < 1.29 is 9.29 Å². The van der Waals surface area contributed by atoms with Gasteiger partial charge in [-0.15, -0.1) is 11.3 Å². The van der Waals surface area contributed by atoms with Gasteiger partial charge in [0.2, 0.25) is 0 Å². The van der Waals surface area contributed by atoms with Gasteiger partial charge in [0.15, 0.2) is 11.6 Å². The number of hydrogen-bond donors (Lipinski definition) is 1. The summed E-state index contributed by atoms with van der Waals surface area (Å²) in [4.78, 5) is 24.1. The molecule has 0 atom stereocenters. The Hall–Kier alpha value is -2.76. The first-order valence-corrected chi connectivity index (χ1v) is 14.6. The van der Waals surface area contributed by atoms with Gasteiger partial charge in [-0.3, -0.25) is 4.90 Å². The lowest BCUT2D eigenvalue weighted by molar-refractivity contribution is 0.122. The van der Waals surface area contributed by atoms with Crippen LogP contribution < -0.4 is 4.90 Å². The Morgan fingerprint density at radius 1 is 1.06 bits per heavy atom. The molecule has 0 unspecified atom stereocenters. The van der Waals surface area contributed by atoms with Gasteiger partial charge in [0.25, 0.3) is 0 Å². The number of aromatic nitrogens is 4. The van der Waals surface area contributed by atoms with Crippen LogP contribution in [0.2, 0.25) is 0 Å². The van der Waals surface area contributed by atoms with E-state index in [9.17, 15) is 4.55 Å². The molecule has 10 heteroatoms. The number of anilines is 1. The van der Waals surface area contributed by atoms with Gasteiger partial charge in [-0.25, -0.2) is 15.0 Å². The standard InChI is InChI=1S/C26H26N6O2S2/c33-36-12-8-31(9-13-36)16-17-14-20-22-23(35-26(20)28-15-17)25(32-6-10-34-11-7-32)30-24(29-22)19-2-1-3-21-18(19)4-5-27-21/h1-5,14-15,27H,6-13,16H2. The molecule has 4 aromatic heterocycles. The molecule has 0 bridgehead atoms. The van der Waals surface area contributed by atoms with Crippen LogP contribution >= 0.6 is 11.3 Å². The number of hydrogen-bond acceptors (Lipinski definition) is 8. The summed E-state index contributed by atoms with van der Waals surface area (Å²) in [5, 5.41) is 2.19.